The smallest absolute Gasteiger partial charge is 0.256 e. The maximum atomic E-state index is 13.0. The Hall–Kier alpha value is -4.86. The van der Waals surface area contributed by atoms with Crippen LogP contribution in [0.1, 0.15) is 52.8 Å². The number of nitrogens with zero attached hydrogens (tertiary/aromatic N) is 4. The first kappa shape index (κ1) is 28.3. The second-order valence-corrected chi connectivity index (χ2v) is 11.2. The van der Waals surface area contributed by atoms with E-state index < -0.39 is 0 Å². The molecule has 2 atom stereocenters. The van der Waals surface area contributed by atoms with Crippen LogP contribution >= 0.6 is 0 Å². The van der Waals surface area contributed by atoms with Gasteiger partial charge in [-0.05, 0) is 67.5 Å². The molecule has 4 heterocycles. The summed E-state index contributed by atoms with van der Waals surface area (Å²) in [5.41, 5.74) is 4.36. The van der Waals surface area contributed by atoms with Crippen molar-refractivity contribution >= 4 is 47.4 Å². The van der Waals surface area contributed by atoms with Gasteiger partial charge in [0.1, 0.15) is 0 Å². The summed E-state index contributed by atoms with van der Waals surface area (Å²) in [6, 6.07) is 14.4. The van der Waals surface area contributed by atoms with Gasteiger partial charge in [-0.3, -0.25) is 29.2 Å². The van der Waals surface area contributed by atoms with Crippen LogP contribution in [0, 0.1) is 0 Å². The summed E-state index contributed by atoms with van der Waals surface area (Å²) in [7, 11) is 0. The summed E-state index contributed by atoms with van der Waals surface area (Å²) in [4.78, 5) is 63.3. The Morgan fingerprint density at radius 1 is 0.698 bits per heavy atom. The third kappa shape index (κ3) is 6.33. The number of nitrogens with one attached hydrogen (secondary N) is 2. The highest BCUT2D eigenvalue weighted by molar-refractivity contribution is 6.04. The van der Waals surface area contributed by atoms with Crippen LogP contribution in [0.3, 0.4) is 0 Å². The number of benzene rings is 2. The Balaban J connectivity index is 0.879. The van der Waals surface area contributed by atoms with Gasteiger partial charge in [-0.25, -0.2) is 0 Å². The van der Waals surface area contributed by atoms with Crippen LogP contribution in [-0.2, 0) is 9.59 Å². The molecule has 4 aliphatic rings. The summed E-state index contributed by atoms with van der Waals surface area (Å²) < 4.78 is 0. The molecule has 43 heavy (non-hydrogen) atoms. The lowest BCUT2D eigenvalue weighted by Gasteiger charge is -2.19. The number of carbonyl (C=O) groups is 4. The number of carbonyl (C=O) groups excluding carboxylic acids is 4. The summed E-state index contributed by atoms with van der Waals surface area (Å²) >= 11 is 0. The van der Waals surface area contributed by atoms with Crippen molar-refractivity contribution in [3.05, 3.63) is 83.0 Å². The molecule has 4 aliphatic heterocycles. The fourth-order valence-electron chi connectivity index (χ4n) is 5.98. The van der Waals surface area contributed by atoms with Crippen molar-refractivity contribution in [2.24, 2.45) is 9.98 Å². The number of rotatable bonds is 8. The monoisotopic (exact) mass is 578 g/mol. The number of aliphatic imine (C=N–C) groups is 2. The number of amides is 4. The zero-order valence-electron chi connectivity index (χ0n) is 23.9. The van der Waals surface area contributed by atoms with Crippen LogP contribution in [0.25, 0.3) is 0 Å². The summed E-state index contributed by atoms with van der Waals surface area (Å²) in [5, 5.41) is 5.85. The van der Waals surface area contributed by atoms with E-state index in [-0.39, 0.29) is 35.7 Å². The third-order valence-corrected chi connectivity index (χ3v) is 8.17. The molecule has 0 aromatic heterocycles. The molecule has 2 N–H and O–H groups in total. The van der Waals surface area contributed by atoms with Gasteiger partial charge in [-0.1, -0.05) is 24.3 Å². The first-order valence-electron chi connectivity index (χ1n) is 14.8. The number of fused-ring (bicyclic) bond motifs is 4. The van der Waals surface area contributed by atoms with Crippen LogP contribution in [-0.4, -0.2) is 84.1 Å². The van der Waals surface area contributed by atoms with E-state index in [4.69, 9.17) is 0 Å². The fraction of sp³-hybridized carbons (Fsp3) is 0.333. The van der Waals surface area contributed by atoms with Gasteiger partial charge < -0.3 is 20.4 Å². The maximum Gasteiger partial charge on any atom is 0.256 e. The van der Waals surface area contributed by atoms with E-state index in [9.17, 15) is 19.2 Å². The molecule has 0 spiro atoms. The van der Waals surface area contributed by atoms with Gasteiger partial charge in [-0.2, -0.15) is 0 Å². The number of para-hydroxylation sites is 2. The lowest BCUT2D eigenvalue weighted by Crippen LogP contribution is -2.35. The predicted octanol–water partition coefficient (Wildman–Crippen LogP) is 3.50. The Kier molecular flexibility index (Phi) is 8.26. The largest absolute Gasteiger partial charge is 0.353 e. The normalized spacial score (nSPS) is 22.1. The van der Waals surface area contributed by atoms with E-state index in [1.807, 2.05) is 36.4 Å². The van der Waals surface area contributed by atoms with Crippen molar-refractivity contribution in [1.29, 1.82) is 0 Å². The van der Waals surface area contributed by atoms with Gasteiger partial charge >= 0.3 is 0 Å². The molecule has 0 radical (unpaired) electrons. The third-order valence-electron chi connectivity index (χ3n) is 8.17. The highest BCUT2D eigenvalue weighted by atomic mass is 16.2. The molecular weight excluding hydrogens is 544 g/mol. The molecule has 0 aliphatic carbocycles. The van der Waals surface area contributed by atoms with Crippen molar-refractivity contribution in [3.8, 4) is 0 Å². The van der Waals surface area contributed by atoms with E-state index in [0.717, 1.165) is 30.4 Å². The minimum absolute atomic E-state index is 0.0599. The quantitative estimate of drug-likeness (QED) is 0.368. The van der Waals surface area contributed by atoms with Gasteiger partial charge in [0, 0.05) is 50.8 Å². The lowest BCUT2D eigenvalue weighted by molar-refractivity contribution is -0.117. The second kappa shape index (κ2) is 12.6. The first-order chi connectivity index (χ1) is 21.0. The van der Waals surface area contributed by atoms with Crippen LogP contribution in [0.5, 0.6) is 0 Å². The van der Waals surface area contributed by atoms with Crippen molar-refractivity contribution in [2.45, 2.75) is 44.2 Å². The summed E-state index contributed by atoms with van der Waals surface area (Å²) in [6.07, 6.45) is 10.4. The number of unbranched alkanes of at least 4 members (excludes halogenated alkanes) is 2. The molecule has 0 saturated carbocycles. The molecule has 2 aromatic rings. The minimum atomic E-state index is -0.159. The number of hydrogen-bond acceptors (Lipinski definition) is 6. The fourth-order valence-corrected chi connectivity index (χ4v) is 5.98. The zero-order valence-corrected chi connectivity index (χ0v) is 23.9. The number of hydrogen-bond donors (Lipinski definition) is 2. The zero-order chi connectivity index (χ0) is 29.8. The van der Waals surface area contributed by atoms with E-state index >= 15 is 0 Å². The van der Waals surface area contributed by atoms with Gasteiger partial charge in [0.2, 0.25) is 11.8 Å². The maximum absolute atomic E-state index is 13.0. The average molecular weight is 579 g/mol. The molecule has 0 bridgehead atoms. The minimum Gasteiger partial charge on any atom is -0.353 e. The highest BCUT2D eigenvalue weighted by Crippen LogP contribution is 2.31. The van der Waals surface area contributed by atoms with E-state index in [0.29, 0.717) is 61.5 Å². The summed E-state index contributed by atoms with van der Waals surface area (Å²) in [6.45, 7) is 1.92. The molecule has 2 aromatic carbocycles. The molecule has 10 heteroatoms. The van der Waals surface area contributed by atoms with Crippen molar-refractivity contribution in [2.75, 3.05) is 26.2 Å². The van der Waals surface area contributed by atoms with Crippen molar-refractivity contribution in [3.63, 3.8) is 0 Å². The molecule has 6 rings (SSSR count). The second-order valence-electron chi connectivity index (χ2n) is 11.2. The molecule has 4 amide bonds. The standard InChI is InChI=1S/C33H34N6O4/c40-30(16-22-14-24-18-36-28-10-4-2-8-26(28)32(42)38(24)20-22)34-12-6-1-7-13-35-31(41)17-23-15-25-19-37-29-11-5-3-9-27(29)33(43)39(25)21-23/h2-5,8-11,16-19,24-25H,1,6-7,12-15,20-21H2,(H,34,40)(H,35,41)/b22-16-,23-17-/t24-,25-/m1/s1. The first-order valence-corrected chi connectivity index (χ1v) is 14.8. The van der Waals surface area contributed by atoms with Crippen LogP contribution in [0.2, 0.25) is 0 Å². The average Bonchev–Trinajstić information content (AvgIpc) is 3.54. The molecule has 2 saturated heterocycles. The van der Waals surface area contributed by atoms with Gasteiger partial charge in [-0.15, -0.1) is 0 Å². The van der Waals surface area contributed by atoms with Gasteiger partial charge in [0.25, 0.3) is 11.8 Å². The van der Waals surface area contributed by atoms with E-state index in [1.165, 1.54) is 0 Å². The highest BCUT2D eigenvalue weighted by Gasteiger charge is 2.35. The van der Waals surface area contributed by atoms with Crippen LogP contribution in [0.15, 0.2) is 81.8 Å². The van der Waals surface area contributed by atoms with Crippen LogP contribution in [0.4, 0.5) is 11.4 Å². The van der Waals surface area contributed by atoms with E-state index in [2.05, 4.69) is 20.6 Å². The molecule has 220 valence electrons. The van der Waals surface area contributed by atoms with Crippen molar-refractivity contribution in [1.82, 2.24) is 20.4 Å². The Morgan fingerprint density at radius 2 is 1.14 bits per heavy atom. The molecule has 10 nitrogen and oxygen atoms in total. The van der Waals surface area contributed by atoms with Gasteiger partial charge in [0.15, 0.2) is 0 Å². The Bertz CT molecular complexity index is 1460. The molecular formula is C33H34N6O4. The summed E-state index contributed by atoms with van der Waals surface area (Å²) in [5.74, 6) is -0.438. The van der Waals surface area contributed by atoms with Crippen molar-refractivity contribution < 1.29 is 19.2 Å². The predicted molar refractivity (Wildman–Crippen MR) is 164 cm³/mol. The topological polar surface area (TPSA) is 124 Å². The van der Waals surface area contributed by atoms with E-state index in [1.54, 1.807) is 46.5 Å². The Labute approximate surface area is 250 Å². The molecule has 0 unspecified atom stereocenters. The SMILES string of the molecule is O=C(/C=C1/C[C@@H]2C=Nc3ccccc3C(=O)N2C1)NCCCCCNC(=O)/C=C1/C[C@@H]2C=Nc3ccccc3C(=O)N2C1. The Morgan fingerprint density at radius 3 is 1.60 bits per heavy atom. The van der Waals surface area contributed by atoms with Crippen LogP contribution < -0.4 is 10.6 Å². The lowest BCUT2D eigenvalue weighted by atomic mass is 10.1. The van der Waals surface area contributed by atoms with Gasteiger partial charge in [0.05, 0.1) is 34.6 Å². The molecule has 2 fully saturated rings.